The molecule has 2 aromatic rings. The van der Waals surface area contributed by atoms with E-state index in [-0.39, 0.29) is 30.1 Å². The minimum atomic E-state index is -0.492. The highest BCUT2D eigenvalue weighted by atomic mass is 19.1. The average molecular weight is 357 g/mol. The molecule has 0 aromatic heterocycles. The molecule has 0 heterocycles. The summed E-state index contributed by atoms with van der Waals surface area (Å²) in [6.07, 6.45) is 0. The van der Waals surface area contributed by atoms with Crippen LogP contribution in [0.25, 0.3) is 0 Å². The van der Waals surface area contributed by atoms with Crippen molar-refractivity contribution < 1.29 is 14.0 Å². The van der Waals surface area contributed by atoms with Gasteiger partial charge in [0, 0.05) is 12.6 Å². The second-order valence-corrected chi connectivity index (χ2v) is 6.36. The monoisotopic (exact) mass is 357 g/mol. The Morgan fingerprint density at radius 3 is 2.46 bits per heavy atom. The van der Waals surface area contributed by atoms with E-state index in [0.717, 1.165) is 5.56 Å². The molecule has 0 aliphatic rings. The fourth-order valence-corrected chi connectivity index (χ4v) is 2.53. The van der Waals surface area contributed by atoms with Crippen molar-refractivity contribution in [3.8, 4) is 0 Å². The van der Waals surface area contributed by atoms with Gasteiger partial charge in [-0.25, -0.2) is 4.39 Å². The lowest BCUT2D eigenvalue weighted by Gasteiger charge is -2.16. The first kappa shape index (κ1) is 19.4. The maximum Gasteiger partial charge on any atom is 0.239 e. The number of aryl methyl sites for hydroxylation is 2. The smallest absolute Gasteiger partial charge is 0.239 e. The van der Waals surface area contributed by atoms with Crippen molar-refractivity contribution >= 4 is 23.2 Å². The standard InChI is InChI=1S/C20H24FN3O2/c1-12-5-6-16(9-13(12)2)14(3)23-20(26)11-22-19-10-17(24-15(4)25)7-8-18(19)21/h5-10,14,22H,11H2,1-4H3,(H,23,26)(H,24,25). The van der Waals surface area contributed by atoms with Crippen molar-refractivity contribution in [3.05, 3.63) is 58.9 Å². The number of amides is 2. The molecule has 0 bridgehead atoms. The molecule has 1 atom stereocenters. The molecule has 0 aliphatic heterocycles. The molecule has 0 aliphatic carbocycles. The van der Waals surface area contributed by atoms with Crippen molar-refractivity contribution in [2.24, 2.45) is 0 Å². The summed E-state index contributed by atoms with van der Waals surface area (Å²) < 4.78 is 13.9. The van der Waals surface area contributed by atoms with Gasteiger partial charge in [0.15, 0.2) is 0 Å². The van der Waals surface area contributed by atoms with Gasteiger partial charge in [-0.2, -0.15) is 0 Å². The van der Waals surface area contributed by atoms with E-state index in [1.165, 1.54) is 36.2 Å². The normalized spacial score (nSPS) is 11.6. The lowest BCUT2D eigenvalue weighted by Crippen LogP contribution is -2.32. The van der Waals surface area contributed by atoms with Crippen molar-refractivity contribution in [1.82, 2.24) is 5.32 Å². The van der Waals surface area contributed by atoms with Crippen LogP contribution >= 0.6 is 0 Å². The van der Waals surface area contributed by atoms with Crippen LogP contribution in [-0.2, 0) is 9.59 Å². The van der Waals surface area contributed by atoms with Crippen LogP contribution in [0, 0.1) is 19.7 Å². The van der Waals surface area contributed by atoms with E-state index in [1.54, 1.807) is 0 Å². The Morgan fingerprint density at radius 2 is 1.81 bits per heavy atom. The average Bonchev–Trinajstić information content (AvgIpc) is 2.57. The molecule has 1 unspecified atom stereocenters. The second-order valence-electron chi connectivity index (χ2n) is 6.36. The van der Waals surface area contributed by atoms with Crippen molar-refractivity contribution in [1.29, 1.82) is 0 Å². The van der Waals surface area contributed by atoms with Gasteiger partial charge in [0.1, 0.15) is 5.82 Å². The third-order valence-electron chi connectivity index (χ3n) is 4.13. The highest BCUT2D eigenvalue weighted by Gasteiger charge is 2.11. The summed E-state index contributed by atoms with van der Waals surface area (Å²) in [5, 5.41) is 8.23. The zero-order valence-corrected chi connectivity index (χ0v) is 15.4. The Hall–Kier alpha value is -2.89. The van der Waals surface area contributed by atoms with Gasteiger partial charge in [-0.1, -0.05) is 18.2 Å². The quantitative estimate of drug-likeness (QED) is 0.738. The minimum absolute atomic E-state index is 0.0738. The number of carbonyl (C=O) groups excluding carboxylic acids is 2. The zero-order chi connectivity index (χ0) is 19.3. The van der Waals surface area contributed by atoms with Gasteiger partial charge >= 0.3 is 0 Å². The fraction of sp³-hybridized carbons (Fsp3) is 0.300. The van der Waals surface area contributed by atoms with Crippen LogP contribution in [0.2, 0.25) is 0 Å². The molecule has 2 aromatic carbocycles. The van der Waals surface area contributed by atoms with Crippen molar-refractivity contribution in [3.63, 3.8) is 0 Å². The summed E-state index contributed by atoms with van der Waals surface area (Å²) in [4.78, 5) is 23.2. The first-order valence-corrected chi connectivity index (χ1v) is 8.44. The van der Waals surface area contributed by atoms with Gasteiger partial charge in [-0.3, -0.25) is 9.59 Å². The fourth-order valence-electron chi connectivity index (χ4n) is 2.53. The van der Waals surface area contributed by atoms with Crippen LogP contribution in [0.3, 0.4) is 0 Å². The molecule has 0 saturated heterocycles. The number of hydrogen-bond donors (Lipinski definition) is 3. The first-order valence-electron chi connectivity index (χ1n) is 8.44. The van der Waals surface area contributed by atoms with E-state index in [1.807, 2.05) is 39.0 Å². The van der Waals surface area contributed by atoms with E-state index in [9.17, 15) is 14.0 Å². The Balaban J connectivity index is 1.95. The number of anilines is 2. The van der Waals surface area contributed by atoms with Gasteiger partial charge in [-0.15, -0.1) is 0 Å². The van der Waals surface area contributed by atoms with E-state index in [4.69, 9.17) is 0 Å². The Bertz CT molecular complexity index is 821. The number of halogens is 1. The molecule has 26 heavy (non-hydrogen) atoms. The third-order valence-corrected chi connectivity index (χ3v) is 4.13. The van der Waals surface area contributed by atoms with E-state index in [0.29, 0.717) is 5.69 Å². The predicted molar refractivity (Wildman–Crippen MR) is 102 cm³/mol. The topological polar surface area (TPSA) is 70.2 Å². The summed E-state index contributed by atoms with van der Waals surface area (Å²) in [5.74, 6) is -0.989. The highest BCUT2D eigenvalue weighted by Crippen LogP contribution is 2.20. The number of rotatable bonds is 6. The molecule has 138 valence electrons. The molecule has 0 saturated carbocycles. The van der Waals surface area contributed by atoms with E-state index in [2.05, 4.69) is 16.0 Å². The Morgan fingerprint density at radius 1 is 1.08 bits per heavy atom. The maximum absolute atomic E-state index is 13.9. The number of hydrogen-bond acceptors (Lipinski definition) is 3. The van der Waals surface area contributed by atoms with Crippen LogP contribution < -0.4 is 16.0 Å². The van der Waals surface area contributed by atoms with E-state index >= 15 is 0 Å². The molecule has 6 heteroatoms. The number of carbonyl (C=O) groups is 2. The minimum Gasteiger partial charge on any atom is -0.374 e. The van der Waals surface area contributed by atoms with Crippen molar-refractivity contribution in [2.75, 3.05) is 17.2 Å². The van der Waals surface area contributed by atoms with Crippen LogP contribution in [0.4, 0.5) is 15.8 Å². The second kappa shape index (κ2) is 8.47. The van der Waals surface area contributed by atoms with Gasteiger partial charge < -0.3 is 16.0 Å². The first-order chi connectivity index (χ1) is 12.3. The largest absolute Gasteiger partial charge is 0.374 e. The maximum atomic E-state index is 13.9. The number of benzene rings is 2. The Labute approximate surface area is 153 Å². The zero-order valence-electron chi connectivity index (χ0n) is 15.4. The molecule has 0 fully saturated rings. The van der Waals surface area contributed by atoms with Crippen LogP contribution in [-0.4, -0.2) is 18.4 Å². The van der Waals surface area contributed by atoms with Gasteiger partial charge in [0.05, 0.1) is 18.3 Å². The summed E-state index contributed by atoms with van der Waals surface area (Å²) in [6.45, 7) is 7.27. The molecule has 5 nitrogen and oxygen atoms in total. The molecule has 0 spiro atoms. The molecular weight excluding hydrogens is 333 g/mol. The van der Waals surface area contributed by atoms with Gasteiger partial charge in [0.25, 0.3) is 0 Å². The summed E-state index contributed by atoms with van der Waals surface area (Å²) in [7, 11) is 0. The SMILES string of the molecule is CC(=O)Nc1ccc(F)c(NCC(=O)NC(C)c2ccc(C)c(C)c2)c1. The molecule has 2 rings (SSSR count). The molecular formula is C20H24FN3O2. The highest BCUT2D eigenvalue weighted by molar-refractivity contribution is 5.89. The summed E-state index contributed by atoms with van der Waals surface area (Å²) in [6, 6.07) is 10.1. The van der Waals surface area contributed by atoms with E-state index < -0.39 is 5.82 Å². The molecule has 2 amide bonds. The third kappa shape index (κ3) is 5.31. The van der Waals surface area contributed by atoms with Gasteiger partial charge in [-0.05, 0) is 55.7 Å². The van der Waals surface area contributed by atoms with Crippen LogP contribution in [0.5, 0.6) is 0 Å². The van der Waals surface area contributed by atoms with Crippen LogP contribution in [0.1, 0.15) is 36.6 Å². The lowest BCUT2D eigenvalue weighted by atomic mass is 10.0. The van der Waals surface area contributed by atoms with Gasteiger partial charge in [0.2, 0.25) is 11.8 Å². The molecule has 0 radical (unpaired) electrons. The predicted octanol–water partition coefficient (Wildman–Crippen LogP) is 3.69. The summed E-state index contributed by atoms with van der Waals surface area (Å²) >= 11 is 0. The lowest BCUT2D eigenvalue weighted by molar-refractivity contribution is -0.120. The summed E-state index contributed by atoms with van der Waals surface area (Å²) in [5.41, 5.74) is 4.00. The Kier molecular flexibility index (Phi) is 6.33. The number of nitrogens with one attached hydrogen (secondary N) is 3. The van der Waals surface area contributed by atoms with Crippen LogP contribution in [0.15, 0.2) is 36.4 Å². The van der Waals surface area contributed by atoms with Crippen molar-refractivity contribution in [2.45, 2.75) is 33.7 Å². The molecule has 3 N–H and O–H groups in total.